The molecular weight excluding hydrogens is 641 g/mol. The Hall–Kier alpha value is -7.18. The van der Waals surface area contributed by atoms with Crippen LogP contribution in [-0.4, -0.2) is 19.9 Å². The topological polar surface area (TPSA) is 77.8 Å². The van der Waals surface area contributed by atoms with Gasteiger partial charge in [0.2, 0.25) is 5.89 Å². The molecule has 8 aromatic carbocycles. The molecule has 0 saturated carbocycles. The van der Waals surface area contributed by atoms with Crippen LogP contribution in [0.15, 0.2) is 167 Å². The third kappa shape index (κ3) is 4.44. The second-order valence-corrected chi connectivity index (χ2v) is 13.0. The predicted molar refractivity (Wildman–Crippen MR) is 209 cm³/mol. The Balaban J connectivity index is 1.13. The summed E-state index contributed by atoms with van der Waals surface area (Å²) in [5.41, 5.74) is 6.78. The van der Waals surface area contributed by atoms with E-state index in [0.29, 0.717) is 28.9 Å². The standard InChI is InChI=1S/C46H26N4O2/c1-2-12-29(13-3-1)46-47-37-23-25-39-41(42(37)52-46)40-34-22-20-31(26-30(34)21-24-38(40)51-39)43-48-44(35-18-8-14-27-10-4-6-16-32(27)35)50-45(49-43)36-19-9-15-28-11-5-7-17-33(28)36/h1-26H. The van der Waals surface area contributed by atoms with Crippen LogP contribution in [0.4, 0.5) is 0 Å². The molecule has 0 unspecified atom stereocenters. The van der Waals surface area contributed by atoms with Gasteiger partial charge in [0, 0.05) is 27.6 Å². The van der Waals surface area contributed by atoms with Gasteiger partial charge in [0.25, 0.3) is 0 Å². The summed E-state index contributed by atoms with van der Waals surface area (Å²) in [7, 11) is 0. The lowest BCUT2D eigenvalue weighted by Crippen LogP contribution is -2.01. The number of rotatable bonds is 4. The van der Waals surface area contributed by atoms with Crippen LogP contribution in [0.3, 0.4) is 0 Å². The Bertz CT molecular complexity index is 3090. The molecule has 0 aliphatic carbocycles. The van der Waals surface area contributed by atoms with Crippen LogP contribution in [0.2, 0.25) is 0 Å². The summed E-state index contributed by atoms with van der Waals surface area (Å²) in [6.07, 6.45) is 0. The van der Waals surface area contributed by atoms with Gasteiger partial charge in [0.1, 0.15) is 16.7 Å². The largest absolute Gasteiger partial charge is 0.456 e. The summed E-state index contributed by atoms with van der Waals surface area (Å²) in [4.78, 5) is 20.3. The van der Waals surface area contributed by atoms with Crippen LogP contribution < -0.4 is 0 Å². The zero-order valence-electron chi connectivity index (χ0n) is 27.6. The summed E-state index contributed by atoms with van der Waals surface area (Å²) in [6, 6.07) is 53.6. The van der Waals surface area contributed by atoms with E-state index < -0.39 is 0 Å². The van der Waals surface area contributed by atoms with Crippen molar-refractivity contribution in [3.63, 3.8) is 0 Å². The normalized spacial score (nSPS) is 11.8. The van der Waals surface area contributed by atoms with Crippen molar-refractivity contribution in [3.8, 4) is 45.6 Å². The maximum atomic E-state index is 6.45. The molecule has 0 N–H and O–H groups in total. The number of furan rings is 1. The van der Waals surface area contributed by atoms with E-state index in [-0.39, 0.29) is 0 Å². The Morgan fingerprint density at radius 3 is 1.71 bits per heavy atom. The van der Waals surface area contributed by atoms with Gasteiger partial charge >= 0.3 is 0 Å². The minimum atomic E-state index is 0.582. The van der Waals surface area contributed by atoms with Crippen LogP contribution in [-0.2, 0) is 0 Å². The van der Waals surface area contributed by atoms with Crippen molar-refractivity contribution in [3.05, 3.63) is 158 Å². The van der Waals surface area contributed by atoms with E-state index in [0.717, 1.165) is 82.0 Å². The van der Waals surface area contributed by atoms with Gasteiger partial charge in [0.05, 0.1) is 5.39 Å². The van der Waals surface area contributed by atoms with Gasteiger partial charge in [-0.25, -0.2) is 19.9 Å². The van der Waals surface area contributed by atoms with Crippen molar-refractivity contribution in [2.75, 3.05) is 0 Å². The highest BCUT2D eigenvalue weighted by Gasteiger charge is 2.20. The van der Waals surface area contributed by atoms with Crippen LogP contribution >= 0.6 is 0 Å². The first kappa shape index (κ1) is 28.6. The first-order chi connectivity index (χ1) is 25.7. The Labute approximate surface area is 296 Å². The summed E-state index contributed by atoms with van der Waals surface area (Å²) in [6.45, 7) is 0. The summed E-state index contributed by atoms with van der Waals surface area (Å²) in [5.74, 6) is 2.44. The molecule has 11 rings (SSSR count). The van der Waals surface area contributed by atoms with Crippen molar-refractivity contribution in [1.82, 2.24) is 19.9 Å². The first-order valence-corrected chi connectivity index (χ1v) is 17.2. The summed E-state index contributed by atoms with van der Waals surface area (Å²) in [5, 5.41) is 8.43. The van der Waals surface area contributed by atoms with E-state index in [9.17, 15) is 0 Å². The van der Waals surface area contributed by atoms with Gasteiger partial charge in [-0.3, -0.25) is 0 Å². The Kier molecular flexibility index (Phi) is 6.15. The van der Waals surface area contributed by atoms with E-state index in [1.54, 1.807) is 0 Å². The van der Waals surface area contributed by atoms with Crippen LogP contribution in [0.25, 0.3) is 111 Å². The van der Waals surface area contributed by atoms with E-state index in [1.807, 2.05) is 48.5 Å². The zero-order valence-corrected chi connectivity index (χ0v) is 27.6. The number of aromatic nitrogens is 4. The average molecular weight is 667 g/mol. The number of hydrogen-bond donors (Lipinski definition) is 0. The monoisotopic (exact) mass is 666 g/mol. The molecule has 0 atom stereocenters. The number of oxazole rings is 1. The Morgan fingerprint density at radius 2 is 0.981 bits per heavy atom. The molecule has 242 valence electrons. The van der Waals surface area contributed by atoms with E-state index in [1.165, 1.54) is 0 Å². The highest BCUT2D eigenvalue weighted by molar-refractivity contribution is 6.25. The lowest BCUT2D eigenvalue weighted by atomic mass is 10.0. The molecule has 52 heavy (non-hydrogen) atoms. The molecule has 0 spiro atoms. The van der Waals surface area contributed by atoms with E-state index in [4.69, 9.17) is 28.8 Å². The molecule has 0 amide bonds. The molecule has 0 saturated heterocycles. The lowest BCUT2D eigenvalue weighted by molar-refractivity contribution is 0.622. The van der Waals surface area contributed by atoms with Crippen LogP contribution in [0, 0.1) is 0 Å². The van der Waals surface area contributed by atoms with Crippen molar-refractivity contribution >= 4 is 65.4 Å². The van der Waals surface area contributed by atoms with Crippen LogP contribution in [0.1, 0.15) is 0 Å². The summed E-state index contributed by atoms with van der Waals surface area (Å²) < 4.78 is 12.8. The highest BCUT2D eigenvalue weighted by atomic mass is 16.4. The minimum Gasteiger partial charge on any atom is -0.456 e. The molecule has 6 nitrogen and oxygen atoms in total. The van der Waals surface area contributed by atoms with Gasteiger partial charge in [-0.2, -0.15) is 0 Å². The lowest BCUT2D eigenvalue weighted by Gasteiger charge is -2.12. The third-order valence-corrected chi connectivity index (χ3v) is 9.95. The molecular formula is C46H26N4O2. The van der Waals surface area contributed by atoms with E-state index >= 15 is 0 Å². The highest BCUT2D eigenvalue weighted by Crippen LogP contribution is 2.41. The fourth-order valence-electron chi connectivity index (χ4n) is 7.50. The molecule has 6 heteroatoms. The van der Waals surface area contributed by atoms with Gasteiger partial charge in [-0.05, 0) is 68.7 Å². The van der Waals surface area contributed by atoms with E-state index in [2.05, 4.69) is 109 Å². The number of fused-ring (bicyclic) bond motifs is 9. The molecule has 3 heterocycles. The maximum Gasteiger partial charge on any atom is 0.227 e. The fourth-order valence-corrected chi connectivity index (χ4v) is 7.50. The van der Waals surface area contributed by atoms with Gasteiger partial charge in [-0.15, -0.1) is 0 Å². The first-order valence-electron chi connectivity index (χ1n) is 17.2. The molecule has 3 aromatic heterocycles. The van der Waals surface area contributed by atoms with Crippen molar-refractivity contribution < 1.29 is 8.83 Å². The van der Waals surface area contributed by atoms with Crippen molar-refractivity contribution in [1.29, 1.82) is 0 Å². The second-order valence-electron chi connectivity index (χ2n) is 13.0. The molecule has 0 aliphatic rings. The van der Waals surface area contributed by atoms with Crippen molar-refractivity contribution in [2.45, 2.75) is 0 Å². The number of hydrogen-bond acceptors (Lipinski definition) is 6. The number of nitrogens with zero attached hydrogens (tertiary/aromatic N) is 4. The summed E-state index contributed by atoms with van der Waals surface area (Å²) >= 11 is 0. The van der Waals surface area contributed by atoms with Gasteiger partial charge in [-0.1, -0.05) is 121 Å². The zero-order chi connectivity index (χ0) is 34.2. The van der Waals surface area contributed by atoms with Gasteiger partial charge < -0.3 is 8.83 Å². The SMILES string of the molecule is c1ccc(-c2nc3ccc4oc5ccc6cc(-c7nc(-c8cccc9ccccc89)nc(-c8cccc9ccccc89)n7)ccc6c5c4c3o2)cc1. The molecule has 0 aliphatic heterocycles. The smallest absolute Gasteiger partial charge is 0.227 e. The average Bonchev–Trinajstić information content (AvgIpc) is 3.82. The predicted octanol–water partition coefficient (Wildman–Crippen LogP) is 12.0. The fraction of sp³-hybridized carbons (Fsp3) is 0. The molecule has 11 aromatic rings. The Morgan fingerprint density at radius 1 is 0.365 bits per heavy atom. The van der Waals surface area contributed by atoms with Gasteiger partial charge in [0.15, 0.2) is 23.1 Å². The quantitative estimate of drug-likeness (QED) is 0.186. The molecule has 0 bridgehead atoms. The van der Waals surface area contributed by atoms with Crippen molar-refractivity contribution in [2.24, 2.45) is 0 Å². The minimum absolute atomic E-state index is 0.582. The molecule has 0 radical (unpaired) electrons. The second kappa shape index (κ2) is 11.2. The maximum absolute atomic E-state index is 6.45. The molecule has 0 fully saturated rings. The number of benzene rings is 8. The third-order valence-electron chi connectivity index (χ3n) is 9.95. The van der Waals surface area contributed by atoms with Crippen LogP contribution in [0.5, 0.6) is 0 Å².